The van der Waals surface area contributed by atoms with Crippen molar-refractivity contribution in [3.8, 4) is 6.07 Å². The molecule has 4 rings (SSSR count). The van der Waals surface area contributed by atoms with Crippen molar-refractivity contribution in [1.82, 2.24) is 40.2 Å². The highest BCUT2D eigenvalue weighted by molar-refractivity contribution is 5.98. The molecule has 0 radical (unpaired) electrons. The molecule has 70 heavy (non-hydrogen) atoms. The Morgan fingerprint density at radius 2 is 1.16 bits per heavy atom. The summed E-state index contributed by atoms with van der Waals surface area (Å²) in [6.45, 7) is 19.0. The highest BCUT2D eigenvalue weighted by Crippen LogP contribution is 2.26. The summed E-state index contributed by atoms with van der Waals surface area (Å²) in [6, 6.07) is 8.52. The number of nitriles is 1. The van der Waals surface area contributed by atoms with Crippen LogP contribution in [-0.2, 0) is 51.3 Å². The molecule has 0 saturated carbocycles. The Morgan fingerprint density at radius 3 is 1.69 bits per heavy atom. The number of nitrogens with one attached hydrogen (secondary N) is 3. The molecule has 3 N–H and O–H groups in total. The van der Waals surface area contributed by atoms with Gasteiger partial charge in [-0.15, -0.1) is 0 Å². The zero-order chi connectivity index (χ0) is 52.1. The van der Waals surface area contributed by atoms with E-state index in [0.717, 1.165) is 32.8 Å². The fourth-order valence-electron chi connectivity index (χ4n) is 8.93. The van der Waals surface area contributed by atoms with Crippen LogP contribution < -0.4 is 16.0 Å². The largest absolute Gasteiger partial charge is 0.451 e. The fourth-order valence-corrected chi connectivity index (χ4v) is 8.93. The van der Waals surface area contributed by atoms with Crippen molar-refractivity contribution in [2.75, 3.05) is 21.1 Å². The third-order valence-electron chi connectivity index (χ3n) is 12.8. The number of amides is 6. The van der Waals surface area contributed by atoms with E-state index in [2.05, 4.69) is 20.5 Å². The minimum atomic E-state index is -1.50. The van der Waals surface area contributed by atoms with Gasteiger partial charge in [0.25, 0.3) is 5.91 Å². The number of aromatic nitrogens is 2. The number of pyridine rings is 1. The number of benzene rings is 1. The number of carbonyl (C=O) groups excluding carboxylic acids is 7. The van der Waals surface area contributed by atoms with Crippen molar-refractivity contribution < 1.29 is 38.3 Å². The highest BCUT2D eigenvalue weighted by atomic mass is 16.5. The molecule has 0 aliphatic carbocycles. The second-order valence-corrected chi connectivity index (χ2v) is 20.7. The Kier molecular flexibility index (Phi) is 20.5. The third kappa shape index (κ3) is 15.1. The number of esters is 1. The van der Waals surface area contributed by atoms with Crippen LogP contribution in [0.5, 0.6) is 0 Å². The topological polar surface area (TPSA) is 216 Å². The van der Waals surface area contributed by atoms with Gasteiger partial charge in [0.2, 0.25) is 29.5 Å². The van der Waals surface area contributed by atoms with Gasteiger partial charge < -0.3 is 40.0 Å². The maximum atomic E-state index is 15.1. The lowest BCUT2D eigenvalue weighted by atomic mass is 9.96. The summed E-state index contributed by atoms with van der Waals surface area (Å²) in [5.41, 5.74) is 3.33. The molecule has 1 saturated heterocycles. The van der Waals surface area contributed by atoms with Crippen molar-refractivity contribution in [2.24, 2.45) is 23.7 Å². The number of cyclic esters (lactones) is 1. The third-order valence-corrected chi connectivity index (χ3v) is 12.8. The highest BCUT2D eigenvalue weighted by Gasteiger charge is 2.40. The SMILES string of the molecule is Cc1cccc(Cn2cc(C[C@H]3C(=O)N[C@@H](CC(C)C)C(=O)N(C)[C@@H](C)C(=O)O[C@H](CCC#N)C(=O)N[C@@H](CC(C)C)C(=O)N(C)[C@@H](CC(C)C)C(=O)N[C@@H](CC(C)C)C(=O)N3C)c3ccccc32)n1. The summed E-state index contributed by atoms with van der Waals surface area (Å²) < 4.78 is 7.80. The predicted octanol–water partition coefficient (Wildman–Crippen LogP) is 5.30. The number of rotatable bonds is 14. The average Bonchev–Trinajstić information content (AvgIpc) is 3.63. The van der Waals surface area contributed by atoms with Crippen molar-refractivity contribution in [1.29, 1.82) is 5.26 Å². The van der Waals surface area contributed by atoms with Crippen LogP contribution in [0, 0.1) is 41.9 Å². The Morgan fingerprint density at radius 1 is 0.657 bits per heavy atom. The van der Waals surface area contributed by atoms with Gasteiger partial charge >= 0.3 is 5.97 Å². The molecule has 3 aromatic rings. The van der Waals surface area contributed by atoms with Crippen LogP contribution in [0.1, 0.15) is 118 Å². The molecule has 382 valence electrons. The predicted molar refractivity (Wildman–Crippen MR) is 267 cm³/mol. The Hall–Kier alpha value is -6.31. The van der Waals surface area contributed by atoms with E-state index in [9.17, 15) is 29.2 Å². The standard InChI is InChI=1S/C53H77N9O8/c1-31(2)24-40-50(66)59(11)36(10)53(69)70-46(22-17-23-54)49(65)58-42(26-33(5)6)52(68)60(12)44(27-34(7)8)47(63)57-41(25-32(3)4)51(67)61(13)45(48(64)56-40)28-37-29-62(43-21-15-14-20-39(37)43)30-38-19-16-18-35(9)55-38/h14-16,18-21,29,31-34,36,40-42,44-46H,17,22,24-28,30H2,1-13H3,(H,56,64)(H,57,63)(H,58,65)/t36-,40-,41-,42-,44-,45-,46+/m0/s1. The Bertz CT molecular complexity index is 2370. The number of fused-ring (bicyclic) bond motifs is 1. The Labute approximate surface area is 414 Å². The van der Waals surface area contributed by atoms with Crippen LogP contribution in [0.4, 0.5) is 0 Å². The summed E-state index contributed by atoms with van der Waals surface area (Å²) >= 11 is 0. The molecule has 1 fully saturated rings. The van der Waals surface area contributed by atoms with E-state index in [-0.39, 0.29) is 68.6 Å². The molecule has 6 amide bonds. The number of hydrogen-bond donors (Lipinski definition) is 3. The van der Waals surface area contributed by atoms with Crippen molar-refractivity contribution in [2.45, 2.75) is 163 Å². The second kappa shape index (κ2) is 25.5. The Balaban J connectivity index is 1.92. The van der Waals surface area contributed by atoms with Crippen LogP contribution in [0.2, 0.25) is 0 Å². The molecule has 17 nitrogen and oxygen atoms in total. The van der Waals surface area contributed by atoms with Crippen LogP contribution in [0.15, 0.2) is 48.7 Å². The minimum Gasteiger partial charge on any atom is -0.451 e. The number of hydrogen-bond acceptors (Lipinski definition) is 10. The zero-order valence-corrected chi connectivity index (χ0v) is 43.6. The molecule has 2 aromatic heterocycles. The van der Waals surface area contributed by atoms with Gasteiger partial charge in [-0.05, 0) is 87.0 Å². The first-order chi connectivity index (χ1) is 32.9. The van der Waals surface area contributed by atoms with Gasteiger partial charge in [0.15, 0.2) is 6.10 Å². The molecule has 1 aliphatic rings. The number of nitrogens with zero attached hydrogens (tertiary/aromatic N) is 6. The molecule has 0 bridgehead atoms. The summed E-state index contributed by atoms with van der Waals surface area (Å²) in [5.74, 6) is -5.14. The van der Waals surface area contributed by atoms with Crippen molar-refractivity contribution in [3.63, 3.8) is 0 Å². The minimum absolute atomic E-state index is 0.0158. The van der Waals surface area contributed by atoms with Crippen LogP contribution >= 0.6 is 0 Å². The number of para-hydroxylation sites is 1. The molecular formula is C53H77N9O8. The van der Waals surface area contributed by atoms with Crippen molar-refractivity contribution >= 4 is 52.3 Å². The van der Waals surface area contributed by atoms with Gasteiger partial charge in [-0.1, -0.05) is 79.7 Å². The lowest BCUT2D eigenvalue weighted by Gasteiger charge is -2.35. The molecule has 1 aliphatic heterocycles. The van der Waals surface area contributed by atoms with E-state index in [1.807, 2.05) is 117 Å². The summed E-state index contributed by atoms with van der Waals surface area (Å²) in [4.78, 5) is 110. The summed E-state index contributed by atoms with van der Waals surface area (Å²) in [7, 11) is 4.40. The fraction of sp³-hybridized carbons (Fsp3) is 0.604. The van der Waals surface area contributed by atoms with Gasteiger partial charge in [-0.2, -0.15) is 5.26 Å². The van der Waals surface area contributed by atoms with E-state index < -0.39 is 83.8 Å². The quantitative estimate of drug-likeness (QED) is 0.177. The van der Waals surface area contributed by atoms with Gasteiger partial charge in [0.1, 0.15) is 36.3 Å². The first-order valence-corrected chi connectivity index (χ1v) is 24.7. The first-order valence-electron chi connectivity index (χ1n) is 24.7. The number of carbonyl (C=O) groups is 7. The van der Waals surface area contributed by atoms with E-state index in [4.69, 9.17) is 9.72 Å². The molecule has 0 spiro atoms. The first kappa shape index (κ1) is 56.3. The maximum Gasteiger partial charge on any atom is 0.329 e. The maximum absolute atomic E-state index is 15.1. The van der Waals surface area contributed by atoms with Crippen molar-refractivity contribution in [3.05, 3.63) is 65.6 Å². The average molecular weight is 968 g/mol. The number of ether oxygens (including phenoxy) is 1. The van der Waals surface area contributed by atoms with E-state index in [1.54, 1.807) is 0 Å². The van der Waals surface area contributed by atoms with E-state index >= 15 is 9.59 Å². The van der Waals surface area contributed by atoms with Crippen LogP contribution in [0.25, 0.3) is 10.9 Å². The molecule has 7 atom stereocenters. The summed E-state index contributed by atoms with van der Waals surface area (Å²) in [5, 5.41) is 19.0. The van der Waals surface area contributed by atoms with Crippen LogP contribution in [0.3, 0.4) is 0 Å². The van der Waals surface area contributed by atoms with Gasteiger partial charge in [0, 0.05) is 63.2 Å². The van der Waals surface area contributed by atoms with Gasteiger partial charge in [-0.3, -0.25) is 33.8 Å². The van der Waals surface area contributed by atoms with E-state index in [1.165, 1.54) is 37.9 Å². The lowest BCUT2D eigenvalue weighted by molar-refractivity contribution is -0.163. The number of likely N-dealkylation sites (N-methyl/N-ethyl adjacent to an activating group) is 3. The summed E-state index contributed by atoms with van der Waals surface area (Å²) in [6.07, 6.45) is 0.846. The monoisotopic (exact) mass is 968 g/mol. The molecule has 3 heterocycles. The van der Waals surface area contributed by atoms with E-state index in [0.29, 0.717) is 6.54 Å². The molecule has 1 aromatic carbocycles. The normalized spacial score (nSPS) is 23.2. The molecule has 0 unspecified atom stereocenters. The smallest absolute Gasteiger partial charge is 0.329 e. The molecular weight excluding hydrogens is 891 g/mol. The second-order valence-electron chi connectivity index (χ2n) is 20.7. The zero-order valence-electron chi connectivity index (χ0n) is 43.6. The molecule has 17 heteroatoms. The lowest BCUT2D eigenvalue weighted by Crippen LogP contribution is -2.60. The van der Waals surface area contributed by atoms with Gasteiger partial charge in [0.05, 0.1) is 18.3 Å². The van der Waals surface area contributed by atoms with Gasteiger partial charge in [-0.25, -0.2) is 4.79 Å². The number of aryl methyl sites for hydroxylation is 1. The van der Waals surface area contributed by atoms with Crippen LogP contribution in [-0.4, -0.2) is 129 Å².